The van der Waals surface area contributed by atoms with Gasteiger partial charge < -0.3 is 5.11 Å². The Morgan fingerprint density at radius 2 is 0.800 bits per heavy atom. The van der Waals surface area contributed by atoms with Crippen molar-refractivity contribution in [3.63, 3.8) is 0 Å². The summed E-state index contributed by atoms with van der Waals surface area (Å²) in [6.45, 7) is 0. The molecule has 4 aromatic rings. The first kappa shape index (κ1) is 15.2. The quantitative estimate of drug-likeness (QED) is 0.463. The maximum absolute atomic E-state index is 11.0. The molecule has 0 radical (unpaired) electrons. The second-order valence-electron chi connectivity index (χ2n) is 5.98. The van der Waals surface area contributed by atoms with E-state index in [1.165, 1.54) is 0 Å². The molecule has 4 aromatic carbocycles. The molecule has 0 aromatic heterocycles. The van der Waals surface area contributed by atoms with Crippen LogP contribution in [0.2, 0.25) is 0 Å². The SMILES string of the molecule is Oc1c(-c2ccccc2)cccc1-c1ccccc1-c1ccccc1. The number of benzene rings is 4. The van der Waals surface area contributed by atoms with Gasteiger partial charge >= 0.3 is 0 Å². The predicted octanol–water partition coefficient (Wildman–Crippen LogP) is 6.39. The topological polar surface area (TPSA) is 20.2 Å². The van der Waals surface area contributed by atoms with E-state index in [0.29, 0.717) is 5.75 Å². The zero-order chi connectivity index (χ0) is 17.1. The van der Waals surface area contributed by atoms with Crippen LogP contribution in [0.4, 0.5) is 0 Å². The number of aromatic hydroxyl groups is 1. The summed E-state index contributed by atoms with van der Waals surface area (Å²) in [6.07, 6.45) is 0. The van der Waals surface area contributed by atoms with Crippen molar-refractivity contribution in [3.8, 4) is 39.1 Å². The first-order valence-electron chi connectivity index (χ1n) is 8.37. The van der Waals surface area contributed by atoms with E-state index in [9.17, 15) is 5.11 Å². The molecule has 1 N–H and O–H groups in total. The molecule has 25 heavy (non-hydrogen) atoms. The van der Waals surface area contributed by atoms with Gasteiger partial charge in [0.2, 0.25) is 0 Å². The first-order chi connectivity index (χ1) is 12.3. The van der Waals surface area contributed by atoms with Crippen LogP contribution < -0.4 is 0 Å². The molecule has 0 aliphatic rings. The maximum atomic E-state index is 11.0. The number of phenolic OH excluding ortho intramolecular Hbond substituents is 1. The molecule has 0 saturated carbocycles. The second kappa shape index (κ2) is 6.66. The molecule has 0 aliphatic heterocycles. The third kappa shape index (κ3) is 2.92. The van der Waals surface area contributed by atoms with Crippen LogP contribution in [0.1, 0.15) is 0 Å². The second-order valence-corrected chi connectivity index (χ2v) is 5.98. The molecule has 1 heteroatoms. The number of phenols is 1. The van der Waals surface area contributed by atoms with Gasteiger partial charge in [-0.15, -0.1) is 0 Å². The van der Waals surface area contributed by atoms with E-state index in [1.54, 1.807) is 0 Å². The van der Waals surface area contributed by atoms with Crippen LogP contribution in [0.3, 0.4) is 0 Å². The lowest BCUT2D eigenvalue weighted by molar-refractivity contribution is 0.479. The lowest BCUT2D eigenvalue weighted by Gasteiger charge is -2.14. The van der Waals surface area contributed by atoms with Crippen LogP contribution >= 0.6 is 0 Å². The molecule has 0 amide bonds. The van der Waals surface area contributed by atoms with Gasteiger partial charge in [-0.25, -0.2) is 0 Å². The van der Waals surface area contributed by atoms with E-state index in [1.807, 2.05) is 78.9 Å². The summed E-state index contributed by atoms with van der Waals surface area (Å²) in [5.74, 6) is 0.317. The Bertz CT molecular complexity index is 989. The zero-order valence-corrected chi connectivity index (χ0v) is 13.8. The van der Waals surface area contributed by atoms with Gasteiger partial charge in [0.1, 0.15) is 5.75 Å². The summed E-state index contributed by atoms with van der Waals surface area (Å²) in [5, 5.41) is 11.0. The van der Waals surface area contributed by atoms with Crippen molar-refractivity contribution in [2.24, 2.45) is 0 Å². The lowest BCUT2D eigenvalue weighted by Crippen LogP contribution is -1.87. The average Bonchev–Trinajstić information content (AvgIpc) is 2.70. The number of rotatable bonds is 3. The van der Waals surface area contributed by atoms with Crippen molar-refractivity contribution in [1.82, 2.24) is 0 Å². The van der Waals surface area contributed by atoms with Crippen molar-refractivity contribution in [3.05, 3.63) is 103 Å². The largest absolute Gasteiger partial charge is 0.507 e. The Labute approximate surface area is 147 Å². The van der Waals surface area contributed by atoms with Crippen molar-refractivity contribution in [1.29, 1.82) is 0 Å². The summed E-state index contributed by atoms with van der Waals surface area (Å²) in [5.41, 5.74) is 6.00. The van der Waals surface area contributed by atoms with Crippen LogP contribution in [-0.2, 0) is 0 Å². The molecule has 0 saturated heterocycles. The van der Waals surface area contributed by atoms with Gasteiger partial charge in [0.05, 0.1) is 0 Å². The monoisotopic (exact) mass is 322 g/mol. The van der Waals surface area contributed by atoms with E-state index in [4.69, 9.17) is 0 Å². The average molecular weight is 322 g/mol. The van der Waals surface area contributed by atoms with Crippen LogP contribution in [0.25, 0.3) is 33.4 Å². The van der Waals surface area contributed by atoms with E-state index >= 15 is 0 Å². The van der Waals surface area contributed by atoms with E-state index in [0.717, 1.165) is 33.4 Å². The lowest BCUT2D eigenvalue weighted by atomic mass is 9.92. The summed E-state index contributed by atoms with van der Waals surface area (Å²) in [6, 6.07) is 34.4. The Kier molecular flexibility index (Phi) is 4.05. The van der Waals surface area contributed by atoms with Crippen molar-refractivity contribution in [2.45, 2.75) is 0 Å². The van der Waals surface area contributed by atoms with Gasteiger partial charge in [0.15, 0.2) is 0 Å². The molecule has 1 nitrogen and oxygen atoms in total. The third-order valence-electron chi connectivity index (χ3n) is 4.42. The van der Waals surface area contributed by atoms with Gasteiger partial charge in [0.25, 0.3) is 0 Å². The minimum Gasteiger partial charge on any atom is -0.507 e. The highest BCUT2D eigenvalue weighted by molar-refractivity contribution is 5.89. The standard InChI is InChI=1S/C24H18O/c25-24-21(19-12-5-2-6-13-19)16-9-17-23(24)22-15-8-7-14-20(22)18-10-3-1-4-11-18/h1-17,25H. The number of hydrogen-bond donors (Lipinski definition) is 1. The smallest absolute Gasteiger partial charge is 0.131 e. The van der Waals surface area contributed by atoms with Gasteiger partial charge in [-0.3, -0.25) is 0 Å². The first-order valence-corrected chi connectivity index (χ1v) is 8.37. The van der Waals surface area contributed by atoms with Crippen LogP contribution in [0.5, 0.6) is 5.75 Å². The van der Waals surface area contributed by atoms with Gasteiger partial charge in [-0.1, -0.05) is 103 Å². The van der Waals surface area contributed by atoms with Gasteiger partial charge in [-0.05, 0) is 22.3 Å². The van der Waals surface area contributed by atoms with Crippen molar-refractivity contribution < 1.29 is 5.11 Å². The van der Waals surface area contributed by atoms with Crippen molar-refractivity contribution in [2.75, 3.05) is 0 Å². The van der Waals surface area contributed by atoms with E-state index in [-0.39, 0.29) is 0 Å². The van der Waals surface area contributed by atoms with Gasteiger partial charge in [-0.2, -0.15) is 0 Å². The highest BCUT2D eigenvalue weighted by Crippen LogP contribution is 2.41. The molecule has 0 spiro atoms. The summed E-state index contributed by atoms with van der Waals surface area (Å²) < 4.78 is 0. The van der Waals surface area contributed by atoms with E-state index < -0.39 is 0 Å². The molecular weight excluding hydrogens is 304 g/mol. The Morgan fingerprint density at radius 1 is 0.360 bits per heavy atom. The third-order valence-corrected chi connectivity index (χ3v) is 4.42. The molecule has 0 bridgehead atoms. The fourth-order valence-electron chi connectivity index (χ4n) is 3.20. The molecule has 0 fully saturated rings. The summed E-state index contributed by atoms with van der Waals surface area (Å²) in [4.78, 5) is 0. The molecule has 0 atom stereocenters. The van der Waals surface area contributed by atoms with Crippen LogP contribution in [0.15, 0.2) is 103 Å². The Balaban J connectivity index is 1.90. The fourth-order valence-corrected chi connectivity index (χ4v) is 3.20. The zero-order valence-electron chi connectivity index (χ0n) is 13.8. The molecular formula is C24H18O. The summed E-state index contributed by atoms with van der Waals surface area (Å²) >= 11 is 0. The Hall–Kier alpha value is -3.32. The minimum absolute atomic E-state index is 0.317. The number of hydrogen-bond acceptors (Lipinski definition) is 1. The minimum atomic E-state index is 0.317. The van der Waals surface area contributed by atoms with Crippen molar-refractivity contribution >= 4 is 0 Å². The Morgan fingerprint density at radius 3 is 1.44 bits per heavy atom. The predicted molar refractivity (Wildman–Crippen MR) is 104 cm³/mol. The van der Waals surface area contributed by atoms with Gasteiger partial charge in [0, 0.05) is 11.1 Å². The molecule has 0 heterocycles. The highest BCUT2D eigenvalue weighted by atomic mass is 16.3. The highest BCUT2D eigenvalue weighted by Gasteiger charge is 2.14. The fraction of sp³-hybridized carbons (Fsp3) is 0. The van der Waals surface area contributed by atoms with Crippen LogP contribution in [0, 0.1) is 0 Å². The molecule has 0 aliphatic carbocycles. The normalized spacial score (nSPS) is 10.6. The maximum Gasteiger partial charge on any atom is 0.131 e. The van der Waals surface area contributed by atoms with E-state index in [2.05, 4.69) is 24.3 Å². The van der Waals surface area contributed by atoms with Crippen LogP contribution in [-0.4, -0.2) is 5.11 Å². The molecule has 0 unspecified atom stereocenters. The summed E-state index contributed by atoms with van der Waals surface area (Å²) in [7, 11) is 0. The molecule has 120 valence electrons. The number of para-hydroxylation sites is 1. The molecule has 4 rings (SSSR count).